The molecule has 0 N–H and O–H groups in total. The van der Waals surface area contributed by atoms with Crippen molar-refractivity contribution in [3.8, 4) is 0 Å². The van der Waals surface area contributed by atoms with Crippen molar-refractivity contribution in [1.29, 1.82) is 0 Å². The molecule has 0 spiro atoms. The maximum atomic E-state index is 3.86. The maximum absolute atomic E-state index is 3.86. The number of halogens is 1. The van der Waals surface area contributed by atoms with E-state index in [4.69, 9.17) is 0 Å². The predicted octanol–water partition coefficient (Wildman–Crippen LogP) is -0.850. The smallest absolute Gasteiger partial charge is 0.489 e. The molecule has 0 bridgehead atoms. The van der Waals surface area contributed by atoms with Gasteiger partial charge in [-0.3, -0.25) is 11.5 Å². The zero-order valence-corrected chi connectivity index (χ0v) is 17.7. The molecule has 2 aliphatic rings. The van der Waals surface area contributed by atoms with Crippen LogP contribution < -0.4 is 18.9 Å². The van der Waals surface area contributed by atoms with Gasteiger partial charge in [0.1, 0.15) is 0 Å². The molecule has 2 aliphatic heterocycles. The first-order valence-electron chi connectivity index (χ1n) is 8.66. The van der Waals surface area contributed by atoms with Crippen molar-refractivity contribution in [2.45, 2.75) is 12.8 Å². The van der Waals surface area contributed by atoms with Crippen LogP contribution >= 0.6 is 15.9 Å². The van der Waals surface area contributed by atoms with Crippen molar-refractivity contribution in [3.05, 3.63) is 23.7 Å². The molecule has 24 heavy (non-hydrogen) atoms. The van der Waals surface area contributed by atoms with E-state index in [9.17, 15) is 0 Å². The van der Waals surface area contributed by atoms with Crippen LogP contribution in [0.1, 0.15) is 12.8 Å². The van der Waals surface area contributed by atoms with Gasteiger partial charge >= 0.3 is 18.9 Å². The molecule has 0 aromatic carbocycles. The van der Waals surface area contributed by atoms with Gasteiger partial charge in [0, 0.05) is 37.2 Å². The van der Waals surface area contributed by atoms with E-state index < -0.39 is 0 Å². The summed E-state index contributed by atoms with van der Waals surface area (Å²) >= 11 is 3.40. The van der Waals surface area contributed by atoms with Crippen LogP contribution in [-0.4, -0.2) is 99.1 Å². The largest absolute Gasteiger partial charge is 1.00 e. The second kappa shape index (κ2) is 14.6. The van der Waals surface area contributed by atoms with Crippen molar-refractivity contribution in [2.24, 2.45) is 0 Å². The topological polar surface area (TPSA) is 13.0 Å². The predicted molar refractivity (Wildman–Crippen MR) is 104 cm³/mol. The Hall–Kier alpha value is 0.397. The third-order valence-electron chi connectivity index (χ3n) is 4.35. The molecule has 2 rings (SSSR count). The standard InChI is InChI=1S/C9H17BrN2.C9H17N2.Li/c1-9(10)8-12-5-3-4-11(2)6-7-12;1-3-5-11-7-4-6-10(2)8-9-11;/h1,3-8H2,2H3;1,4-9H2,2H3;/q;-1;+1. The van der Waals surface area contributed by atoms with Crippen molar-refractivity contribution in [2.75, 3.05) is 79.5 Å². The van der Waals surface area contributed by atoms with E-state index in [2.05, 4.69) is 68.9 Å². The summed E-state index contributed by atoms with van der Waals surface area (Å²) in [5, 5.41) is 0. The summed E-state index contributed by atoms with van der Waals surface area (Å²) in [6, 6.07) is 0. The Bertz CT molecular complexity index is 354. The fourth-order valence-corrected chi connectivity index (χ4v) is 3.27. The molecule has 0 aliphatic carbocycles. The summed E-state index contributed by atoms with van der Waals surface area (Å²) in [4.78, 5) is 9.61. The Morgan fingerprint density at radius 1 is 0.875 bits per heavy atom. The van der Waals surface area contributed by atoms with Crippen LogP contribution in [0.25, 0.3) is 0 Å². The van der Waals surface area contributed by atoms with Gasteiger partial charge in [0.05, 0.1) is 0 Å². The molecule has 0 radical (unpaired) electrons. The second-order valence-corrected chi connectivity index (χ2v) is 7.75. The van der Waals surface area contributed by atoms with Gasteiger partial charge in [-0.2, -0.15) is 0 Å². The first kappa shape index (κ1) is 24.4. The molecule has 2 saturated heterocycles. The Morgan fingerprint density at radius 2 is 1.38 bits per heavy atom. The van der Waals surface area contributed by atoms with Crippen LogP contribution in [0.15, 0.2) is 17.6 Å². The number of hydrogen-bond acceptors (Lipinski definition) is 4. The SMILES string of the molecule is C=C(Br)CN1CCCN(C)CC1.C=[C-]CN1CCCN(C)CC1.[Li+]. The molecule has 0 aromatic heterocycles. The van der Waals surface area contributed by atoms with Gasteiger partial charge in [-0.25, -0.2) is 0 Å². The number of hydrogen-bond donors (Lipinski definition) is 0. The molecular weight excluding hydrogens is 359 g/mol. The van der Waals surface area contributed by atoms with Crippen LogP contribution in [0, 0.1) is 6.08 Å². The van der Waals surface area contributed by atoms with Crippen molar-refractivity contribution >= 4 is 15.9 Å². The number of likely N-dealkylation sites (N-methyl/N-ethyl adjacent to an activating group) is 2. The van der Waals surface area contributed by atoms with Crippen LogP contribution in [0.5, 0.6) is 0 Å². The number of rotatable bonds is 4. The van der Waals surface area contributed by atoms with E-state index in [1.807, 2.05) is 0 Å². The third-order valence-corrected chi connectivity index (χ3v) is 4.61. The van der Waals surface area contributed by atoms with Gasteiger partial charge in [-0.1, -0.05) is 22.5 Å². The van der Waals surface area contributed by atoms with Crippen molar-refractivity contribution in [3.63, 3.8) is 0 Å². The van der Waals surface area contributed by atoms with Crippen molar-refractivity contribution < 1.29 is 18.9 Å². The average molecular weight is 393 g/mol. The van der Waals surface area contributed by atoms with E-state index in [1.54, 1.807) is 0 Å². The Labute approximate surface area is 170 Å². The van der Waals surface area contributed by atoms with Crippen LogP contribution in [-0.2, 0) is 0 Å². The van der Waals surface area contributed by atoms with Gasteiger partial charge in [0.15, 0.2) is 0 Å². The normalized spacial score (nSPS) is 21.6. The minimum atomic E-state index is 0. The zero-order valence-electron chi connectivity index (χ0n) is 16.1. The fraction of sp³-hybridized carbons (Fsp3) is 0.778. The summed E-state index contributed by atoms with van der Waals surface area (Å²) < 4.78 is 1.09. The molecule has 0 atom stereocenters. The van der Waals surface area contributed by atoms with Crippen LogP contribution in [0.4, 0.5) is 0 Å². The van der Waals surface area contributed by atoms with Crippen molar-refractivity contribution in [1.82, 2.24) is 19.6 Å². The summed E-state index contributed by atoms with van der Waals surface area (Å²) in [7, 11) is 4.37. The van der Waals surface area contributed by atoms with Gasteiger partial charge < -0.3 is 20.8 Å². The van der Waals surface area contributed by atoms with E-state index in [-0.39, 0.29) is 18.9 Å². The monoisotopic (exact) mass is 392 g/mol. The van der Waals surface area contributed by atoms with Gasteiger partial charge in [0.25, 0.3) is 0 Å². The van der Waals surface area contributed by atoms with Crippen LogP contribution in [0.3, 0.4) is 0 Å². The summed E-state index contributed by atoms with van der Waals surface area (Å²) in [6.45, 7) is 19.0. The Morgan fingerprint density at radius 3 is 1.88 bits per heavy atom. The molecule has 0 saturated carbocycles. The van der Waals surface area contributed by atoms with E-state index in [1.165, 1.54) is 65.2 Å². The summed E-state index contributed by atoms with van der Waals surface area (Å²) in [5.41, 5.74) is 0. The fourth-order valence-electron chi connectivity index (χ4n) is 2.92. The quantitative estimate of drug-likeness (QED) is 0.456. The third kappa shape index (κ3) is 11.9. The molecule has 134 valence electrons. The number of nitrogens with zero attached hydrogens (tertiary/aromatic N) is 4. The zero-order chi connectivity index (χ0) is 17.1. The molecule has 2 fully saturated rings. The molecular formula is C18H34BrLiN4. The Kier molecular flexibility index (Phi) is 14.8. The van der Waals surface area contributed by atoms with E-state index in [0.29, 0.717) is 0 Å². The average Bonchev–Trinajstić information content (AvgIpc) is 2.81. The Balaban J connectivity index is 0.000000425. The summed E-state index contributed by atoms with van der Waals surface area (Å²) in [5.74, 6) is 0. The maximum Gasteiger partial charge on any atom is 1.00 e. The van der Waals surface area contributed by atoms with E-state index >= 15 is 0 Å². The molecule has 4 nitrogen and oxygen atoms in total. The van der Waals surface area contributed by atoms with Gasteiger partial charge in [0.2, 0.25) is 0 Å². The minimum absolute atomic E-state index is 0. The first-order chi connectivity index (χ1) is 11.0. The molecule has 0 amide bonds. The summed E-state index contributed by atoms with van der Waals surface area (Å²) in [6.07, 6.45) is 5.49. The molecule has 6 heteroatoms. The van der Waals surface area contributed by atoms with Gasteiger partial charge in [-0.15, -0.1) is 6.54 Å². The molecule has 0 aromatic rings. The van der Waals surface area contributed by atoms with Crippen LogP contribution in [0.2, 0.25) is 0 Å². The minimum Gasteiger partial charge on any atom is -0.489 e. The van der Waals surface area contributed by atoms with E-state index in [0.717, 1.165) is 17.6 Å². The second-order valence-electron chi connectivity index (χ2n) is 6.63. The first-order valence-corrected chi connectivity index (χ1v) is 9.45. The molecule has 0 unspecified atom stereocenters. The van der Waals surface area contributed by atoms with Gasteiger partial charge in [-0.05, 0) is 53.1 Å². The molecule has 2 heterocycles.